The van der Waals surface area contributed by atoms with Gasteiger partial charge >= 0.3 is 6.09 Å². The number of anilines is 1. The highest BCUT2D eigenvalue weighted by molar-refractivity contribution is 5.93. The van der Waals surface area contributed by atoms with Gasteiger partial charge in [-0.1, -0.05) is 86.8 Å². The van der Waals surface area contributed by atoms with E-state index in [0.29, 0.717) is 13.1 Å². The predicted molar refractivity (Wildman–Crippen MR) is 169 cm³/mol. The van der Waals surface area contributed by atoms with Crippen LogP contribution in [0, 0.1) is 0 Å². The van der Waals surface area contributed by atoms with Gasteiger partial charge in [0.1, 0.15) is 12.4 Å². The van der Waals surface area contributed by atoms with E-state index < -0.39 is 6.09 Å². The maximum Gasteiger partial charge on any atom is 0.429 e. The predicted octanol–water partition coefficient (Wildman–Crippen LogP) is 6.75. The fourth-order valence-corrected chi connectivity index (χ4v) is 5.73. The summed E-state index contributed by atoms with van der Waals surface area (Å²) in [6.07, 6.45) is 6.78. The van der Waals surface area contributed by atoms with Crippen LogP contribution in [-0.4, -0.2) is 54.9 Å². The van der Waals surface area contributed by atoms with Gasteiger partial charge in [-0.15, -0.1) is 0 Å². The molecule has 1 saturated heterocycles. The van der Waals surface area contributed by atoms with Crippen LogP contribution in [0.2, 0.25) is 0 Å². The number of benzene rings is 3. The molecule has 2 aliphatic heterocycles. The molecule has 0 bridgehead atoms. The zero-order chi connectivity index (χ0) is 29.9. The molecule has 2 amide bonds. The molecule has 0 unspecified atom stereocenters. The maximum absolute atomic E-state index is 13.7. The normalized spacial score (nSPS) is 14.5. The summed E-state index contributed by atoms with van der Waals surface area (Å²) in [6.45, 7) is 5.60. The number of hydrogen-bond acceptors (Lipinski definition) is 6. The lowest BCUT2D eigenvalue weighted by Crippen LogP contribution is -2.50. The molecule has 1 fully saturated rings. The van der Waals surface area contributed by atoms with E-state index in [2.05, 4.69) is 23.4 Å². The van der Waals surface area contributed by atoms with E-state index in [1.807, 2.05) is 66.7 Å². The highest BCUT2D eigenvalue weighted by atomic mass is 16.6. The lowest BCUT2D eigenvalue weighted by molar-refractivity contribution is -0.135. The average molecular weight is 585 g/mol. The van der Waals surface area contributed by atoms with Crippen LogP contribution in [0.4, 0.5) is 10.5 Å². The van der Waals surface area contributed by atoms with E-state index >= 15 is 0 Å². The number of piperidine rings is 1. The van der Waals surface area contributed by atoms with Gasteiger partial charge in [0, 0.05) is 38.2 Å². The summed E-state index contributed by atoms with van der Waals surface area (Å²) in [5, 5.41) is 5.46. The maximum atomic E-state index is 13.7. The van der Waals surface area contributed by atoms with Crippen molar-refractivity contribution in [3.63, 3.8) is 0 Å². The Balaban J connectivity index is 1.24. The van der Waals surface area contributed by atoms with Gasteiger partial charge in [0.2, 0.25) is 5.91 Å². The zero-order valence-corrected chi connectivity index (χ0v) is 25.3. The number of nitrogens with one attached hydrogen (secondary N) is 1. The van der Waals surface area contributed by atoms with Crippen molar-refractivity contribution in [2.24, 2.45) is 0 Å². The zero-order valence-electron chi connectivity index (χ0n) is 25.3. The molecule has 0 radical (unpaired) electrons. The number of hydrogen-bond donors (Lipinski definition) is 1. The van der Waals surface area contributed by atoms with Crippen molar-refractivity contribution in [2.75, 3.05) is 37.9 Å². The summed E-state index contributed by atoms with van der Waals surface area (Å²) >= 11 is 0. The Hall–Kier alpha value is -3.88. The third kappa shape index (κ3) is 8.15. The molecule has 0 spiro atoms. The number of nitrogens with zero attached hydrogens (tertiary/aromatic N) is 3. The summed E-state index contributed by atoms with van der Waals surface area (Å²) < 4.78 is 11.4. The molecule has 3 aromatic rings. The van der Waals surface area contributed by atoms with Crippen molar-refractivity contribution in [3.8, 4) is 16.9 Å². The average Bonchev–Trinajstić information content (AvgIpc) is 3.52. The first-order valence-corrected chi connectivity index (χ1v) is 15.8. The Kier molecular flexibility index (Phi) is 11.1. The molecule has 8 heteroatoms. The molecular weight excluding hydrogens is 540 g/mol. The fraction of sp³-hybridized carbons (Fsp3) is 0.429. The third-order valence-corrected chi connectivity index (χ3v) is 8.06. The Labute approximate surface area is 255 Å². The number of hydrazine groups is 2. The topological polar surface area (TPSA) is 74.3 Å². The summed E-state index contributed by atoms with van der Waals surface area (Å²) in [4.78, 5) is 27.0. The molecule has 0 aromatic heterocycles. The summed E-state index contributed by atoms with van der Waals surface area (Å²) in [5.74, 6) is 0.869. The molecule has 5 rings (SSSR count). The SMILES string of the molecule is CCCCCN(NCc1ccc2c(c1)CCO2)C(=O)CCOC(=O)N(c1ccccc1-c1ccccc1)N1CCCCC1. The highest BCUT2D eigenvalue weighted by Gasteiger charge is 2.29. The quantitative estimate of drug-likeness (QED) is 0.177. The molecule has 2 heterocycles. The van der Waals surface area contributed by atoms with Crippen molar-refractivity contribution >= 4 is 17.7 Å². The van der Waals surface area contributed by atoms with Crippen molar-refractivity contribution < 1.29 is 19.1 Å². The number of carbonyl (C=O) groups is 2. The lowest BCUT2D eigenvalue weighted by atomic mass is 10.0. The first-order chi connectivity index (χ1) is 21.1. The summed E-state index contributed by atoms with van der Waals surface area (Å²) in [5.41, 5.74) is 8.44. The molecule has 0 aliphatic carbocycles. The van der Waals surface area contributed by atoms with Crippen molar-refractivity contribution in [1.29, 1.82) is 0 Å². The van der Waals surface area contributed by atoms with Crippen molar-refractivity contribution in [3.05, 3.63) is 83.9 Å². The van der Waals surface area contributed by atoms with E-state index in [0.717, 1.165) is 92.8 Å². The molecule has 3 aromatic carbocycles. The van der Waals surface area contributed by atoms with E-state index in [-0.39, 0.29) is 18.9 Å². The van der Waals surface area contributed by atoms with Gasteiger partial charge in [-0.2, -0.15) is 0 Å². The van der Waals surface area contributed by atoms with Gasteiger partial charge < -0.3 is 9.47 Å². The van der Waals surface area contributed by atoms with E-state index in [9.17, 15) is 9.59 Å². The number of rotatable bonds is 13. The minimum atomic E-state index is -0.455. The smallest absolute Gasteiger partial charge is 0.429 e. The van der Waals surface area contributed by atoms with Crippen LogP contribution in [0.5, 0.6) is 5.75 Å². The minimum Gasteiger partial charge on any atom is -0.493 e. The lowest BCUT2D eigenvalue weighted by Gasteiger charge is -2.37. The second-order valence-corrected chi connectivity index (χ2v) is 11.2. The number of para-hydroxylation sites is 1. The van der Waals surface area contributed by atoms with E-state index in [4.69, 9.17) is 9.47 Å². The Morgan fingerprint density at radius 3 is 2.56 bits per heavy atom. The van der Waals surface area contributed by atoms with Crippen LogP contribution in [0.3, 0.4) is 0 Å². The van der Waals surface area contributed by atoms with Gasteiger partial charge in [-0.25, -0.2) is 20.2 Å². The van der Waals surface area contributed by atoms with E-state index in [1.165, 1.54) is 5.56 Å². The molecular formula is C35H44N4O4. The summed E-state index contributed by atoms with van der Waals surface area (Å²) in [6, 6.07) is 24.2. The second-order valence-electron chi connectivity index (χ2n) is 11.2. The Bertz CT molecular complexity index is 1340. The van der Waals surface area contributed by atoms with Crippen LogP contribution in [-0.2, 0) is 22.5 Å². The molecule has 0 atom stereocenters. The van der Waals surface area contributed by atoms with Gasteiger partial charge in [0.05, 0.1) is 18.7 Å². The fourth-order valence-electron chi connectivity index (χ4n) is 5.73. The van der Waals surface area contributed by atoms with E-state index in [1.54, 1.807) is 10.0 Å². The number of fused-ring (bicyclic) bond motifs is 1. The van der Waals surface area contributed by atoms with Gasteiger partial charge in [0.25, 0.3) is 0 Å². The molecule has 0 saturated carbocycles. The molecule has 228 valence electrons. The molecule has 2 aliphatic rings. The van der Waals surface area contributed by atoms with Gasteiger partial charge in [0.15, 0.2) is 0 Å². The van der Waals surface area contributed by atoms with Crippen molar-refractivity contribution in [2.45, 2.75) is 64.8 Å². The van der Waals surface area contributed by atoms with Crippen LogP contribution in [0.1, 0.15) is 63.0 Å². The van der Waals surface area contributed by atoms with Crippen LogP contribution >= 0.6 is 0 Å². The first-order valence-electron chi connectivity index (χ1n) is 15.8. The monoisotopic (exact) mass is 584 g/mol. The Morgan fingerprint density at radius 1 is 0.953 bits per heavy atom. The first kappa shape index (κ1) is 30.6. The summed E-state index contributed by atoms with van der Waals surface area (Å²) in [7, 11) is 0. The van der Waals surface area contributed by atoms with Crippen LogP contribution < -0.4 is 15.2 Å². The third-order valence-electron chi connectivity index (χ3n) is 8.06. The number of unbranched alkanes of at least 4 members (excludes halogenated alkanes) is 2. The standard InChI is InChI=1S/C35H44N4O4/c1-2-3-10-23-38(36-27-28-17-18-33-30(26-28)19-24-42-33)34(40)20-25-43-35(41)39(37-21-11-5-12-22-37)32-16-9-8-15-31(32)29-13-6-4-7-14-29/h4,6-9,13-18,26,36H,2-3,5,10-12,19-25,27H2,1H3. The van der Waals surface area contributed by atoms with Gasteiger partial charge in [-0.05, 0) is 48.1 Å². The highest BCUT2D eigenvalue weighted by Crippen LogP contribution is 2.33. The second kappa shape index (κ2) is 15.5. The minimum absolute atomic E-state index is 0.0116. The van der Waals surface area contributed by atoms with Crippen LogP contribution in [0.15, 0.2) is 72.8 Å². The van der Waals surface area contributed by atoms with Gasteiger partial charge in [-0.3, -0.25) is 9.80 Å². The number of ether oxygens (including phenoxy) is 2. The molecule has 1 N–H and O–H groups in total. The Morgan fingerprint density at radius 2 is 1.74 bits per heavy atom. The largest absolute Gasteiger partial charge is 0.493 e. The molecule has 43 heavy (non-hydrogen) atoms. The number of amides is 2. The number of carbonyl (C=O) groups excluding carboxylic acids is 2. The van der Waals surface area contributed by atoms with Crippen molar-refractivity contribution in [1.82, 2.24) is 15.4 Å². The molecule has 8 nitrogen and oxygen atoms in total. The van der Waals surface area contributed by atoms with Crippen LogP contribution in [0.25, 0.3) is 11.1 Å².